The lowest BCUT2D eigenvalue weighted by Crippen LogP contribution is -2.31. The molecular formula is C10H11N5O3S. The van der Waals surface area contributed by atoms with Crippen LogP contribution in [0.2, 0.25) is 0 Å². The Bertz CT molecular complexity index is 580. The Morgan fingerprint density at radius 3 is 2.89 bits per heavy atom. The molecule has 0 spiro atoms. The van der Waals surface area contributed by atoms with Crippen LogP contribution in [0.15, 0.2) is 17.8 Å². The summed E-state index contributed by atoms with van der Waals surface area (Å²) in [6, 6.07) is -0.800. The van der Waals surface area contributed by atoms with Crippen LogP contribution in [0, 0.1) is 0 Å². The number of hydrogen-bond donors (Lipinski definition) is 4. The lowest BCUT2D eigenvalue weighted by molar-refractivity contribution is 0.0691. The number of aromatic nitrogens is 3. The topological polar surface area (TPSA) is 120 Å². The first kappa shape index (κ1) is 13.0. The van der Waals surface area contributed by atoms with Crippen LogP contribution in [-0.2, 0) is 0 Å². The summed E-state index contributed by atoms with van der Waals surface area (Å²) in [5, 5.41) is 22.2. The zero-order chi connectivity index (χ0) is 13.8. The van der Waals surface area contributed by atoms with E-state index in [1.165, 1.54) is 29.1 Å². The van der Waals surface area contributed by atoms with Crippen LogP contribution in [0.1, 0.15) is 28.5 Å². The number of hydrogen-bond acceptors (Lipinski definition) is 5. The number of aromatic carboxylic acids is 1. The van der Waals surface area contributed by atoms with Gasteiger partial charge in [-0.05, 0) is 6.92 Å². The number of nitrogens with one attached hydrogen (secondary N) is 3. The van der Waals surface area contributed by atoms with Gasteiger partial charge in [0.15, 0.2) is 5.69 Å². The number of H-pyrrole nitrogens is 1. The molecule has 0 saturated carbocycles. The fraction of sp³-hybridized carbons (Fsp3) is 0.200. The van der Waals surface area contributed by atoms with Gasteiger partial charge in [-0.25, -0.2) is 14.6 Å². The number of carboxylic acids is 1. The van der Waals surface area contributed by atoms with E-state index in [2.05, 4.69) is 25.8 Å². The molecule has 0 aliphatic heterocycles. The zero-order valence-electron chi connectivity index (χ0n) is 9.88. The lowest BCUT2D eigenvalue weighted by Gasteiger charge is -2.11. The molecule has 0 radical (unpaired) electrons. The van der Waals surface area contributed by atoms with Crippen molar-refractivity contribution in [2.45, 2.75) is 13.0 Å². The maximum Gasteiger partial charge on any atom is 0.355 e. The minimum Gasteiger partial charge on any atom is -0.476 e. The van der Waals surface area contributed by atoms with Crippen LogP contribution in [0.25, 0.3) is 0 Å². The highest BCUT2D eigenvalue weighted by atomic mass is 32.1. The number of rotatable bonds is 4. The molecule has 0 fully saturated rings. The fourth-order valence-corrected chi connectivity index (χ4v) is 2.13. The third-order valence-corrected chi connectivity index (χ3v) is 3.24. The van der Waals surface area contributed by atoms with Crippen LogP contribution < -0.4 is 10.6 Å². The van der Waals surface area contributed by atoms with Gasteiger partial charge < -0.3 is 15.7 Å². The second-order valence-electron chi connectivity index (χ2n) is 3.68. The Labute approximate surface area is 111 Å². The van der Waals surface area contributed by atoms with E-state index in [-0.39, 0.29) is 11.7 Å². The van der Waals surface area contributed by atoms with Gasteiger partial charge in [-0.2, -0.15) is 5.10 Å². The third kappa shape index (κ3) is 3.28. The molecule has 100 valence electrons. The van der Waals surface area contributed by atoms with Gasteiger partial charge in [-0.15, -0.1) is 11.3 Å². The average Bonchev–Trinajstić information content (AvgIpc) is 2.98. The van der Waals surface area contributed by atoms with Crippen molar-refractivity contribution in [3.05, 3.63) is 28.5 Å². The molecule has 2 aromatic rings. The minimum absolute atomic E-state index is 0.0242. The van der Waals surface area contributed by atoms with Crippen molar-refractivity contribution in [1.29, 1.82) is 0 Å². The second kappa shape index (κ2) is 5.48. The number of anilines is 1. The fourth-order valence-electron chi connectivity index (χ4n) is 1.33. The Morgan fingerprint density at radius 1 is 1.53 bits per heavy atom. The molecule has 1 unspecified atom stereocenters. The standard InChI is InChI=1S/C10H11N5O3S/c1-5(8-15-7(4-19-8)9(16)17)13-10(18)14-6-2-11-12-3-6/h2-5H,1H3,(H,11,12)(H,16,17)(H2,13,14,18). The first-order chi connectivity index (χ1) is 9.06. The van der Waals surface area contributed by atoms with E-state index in [0.29, 0.717) is 10.7 Å². The van der Waals surface area contributed by atoms with Gasteiger partial charge in [0.2, 0.25) is 0 Å². The smallest absolute Gasteiger partial charge is 0.355 e. The van der Waals surface area contributed by atoms with Gasteiger partial charge in [-0.3, -0.25) is 5.10 Å². The number of carboxylic acid groups (broad SMARTS) is 1. The van der Waals surface area contributed by atoms with Gasteiger partial charge in [0.1, 0.15) is 5.01 Å². The Balaban J connectivity index is 1.94. The van der Waals surface area contributed by atoms with E-state index in [4.69, 9.17) is 5.11 Å². The number of thiazole rings is 1. The van der Waals surface area contributed by atoms with Crippen molar-refractivity contribution in [3.63, 3.8) is 0 Å². The van der Waals surface area contributed by atoms with E-state index >= 15 is 0 Å². The van der Waals surface area contributed by atoms with Crippen LogP contribution >= 0.6 is 11.3 Å². The number of amides is 2. The van der Waals surface area contributed by atoms with E-state index in [1.54, 1.807) is 6.92 Å². The Kier molecular flexibility index (Phi) is 3.76. The van der Waals surface area contributed by atoms with Crippen LogP contribution in [0.5, 0.6) is 0 Å². The maximum atomic E-state index is 11.6. The molecule has 1 atom stereocenters. The second-order valence-corrected chi connectivity index (χ2v) is 4.57. The maximum absolute atomic E-state index is 11.6. The molecule has 2 rings (SSSR count). The summed E-state index contributed by atoms with van der Waals surface area (Å²) in [4.78, 5) is 26.3. The predicted octanol–water partition coefficient (Wildman–Crippen LogP) is 1.45. The lowest BCUT2D eigenvalue weighted by atomic mass is 10.3. The van der Waals surface area contributed by atoms with Crippen molar-refractivity contribution in [3.8, 4) is 0 Å². The molecular weight excluding hydrogens is 270 g/mol. The van der Waals surface area contributed by atoms with Crippen LogP contribution in [0.3, 0.4) is 0 Å². The molecule has 0 aliphatic rings. The first-order valence-corrected chi connectivity index (χ1v) is 6.19. The normalized spacial score (nSPS) is 11.8. The summed E-state index contributed by atoms with van der Waals surface area (Å²) in [5.74, 6) is -1.09. The largest absolute Gasteiger partial charge is 0.476 e. The number of urea groups is 1. The Hall–Kier alpha value is -2.42. The number of aromatic amines is 1. The summed E-state index contributed by atoms with van der Waals surface area (Å²) in [7, 11) is 0. The molecule has 0 saturated heterocycles. The summed E-state index contributed by atoms with van der Waals surface area (Å²) in [6.45, 7) is 1.72. The molecule has 2 heterocycles. The summed E-state index contributed by atoms with van der Waals surface area (Å²) >= 11 is 1.18. The van der Waals surface area contributed by atoms with E-state index < -0.39 is 12.0 Å². The number of carbonyl (C=O) groups excluding carboxylic acids is 1. The van der Waals surface area contributed by atoms with Crippen LogP contribution in [-0.4, -0.2) is 32.3 Å². The van der Waals surface area contributed by atoms with Crippen molar-refractivity contribution in [2.24, 2.45) is 0 Å². The molecule has 4 N–H and O–H groups in total. The molecule has 8 nitrogen and oxygen atoms in total. The number of carbonyl (C=O) groups is 2. The predicted molar refractivity (Wildman–Crippen MR) is 68.2 cm³/mol. The molecule has 0 aliphatic carbocycles. The highest BCUT2D eigenvalue weighted by Crippen LogP contribution is 2.18. The zero-order valence-corrected chi connectivity index (χ0v) is 10.7. The van der Waals surface area contributed by atoms with Gasteiger partial charge >= 0.3 is 12.0 Å². The summed E-state index contributed by atoms with van der Waals surface area (Å²) < 4.78 is 0. The minimum atomic E-state index is -1.09. The molecule has 2 aromatic heterocycles. The first-order valence-electron chi connectivity index (χ1n) is 5.31. The average molecular weight is 281 g/mol. The molecule has 2 amide bonds. The molecule has 19 heavy (non-hydrogen) atoms. The van der Waals surface area contributed by atoms with Crippen molar-refractivity contribution in [2.75, 3.05) is 5.32 Å². The van der Waals surface area contributed by atoms with Crippen molar-refractivity contribution >= 4 is 29.0 Å². The van der Waals surface area contributed by atoms with E-state index in [1.807, 2.05) is 0 Å². The summed E-state index contributed by atoms with van der Waals surface area (Å²) in [5.41, 5.74) is 0.513. The highest BCUT2D eigenvalue weighted by Gasteiger charge is 2.16. The van der Waals surface area contributed by atoms with Crippen molar-refractivity contribution < 1.29 is 14.7 Å². The van der Waals surface area contributed by atoms with Crippen LogP contribution in [0.4, 0.5) is 10.5 Å². The van der Waals surface area contributed by atoms with Gasteiger partial charge in [0.05, 0.1) is 17.9 Å². The Morgan fingerprint density at radius 2 is 2.32 bits per heavy atom. The van der Waals surface area contributed by atoms with E-state index in [9.17, 15) is 9.59 Å². The van der Waals surface area contributed by atoms with Crippen molar-refractivity contribution in [1.82, 2.24) is 20.5 Å². The SMILES string of the molecule is CC(NC(=O)Nc1cn[nH]c1)c1nc(C(=O)O)cs1. The molecule has 9 heteroatoms. The van der Waals surface area contributed by atoms with Gasteiger partial charge in [0, 0.05) is 11.6 Å². The molecule has 0 bridgehead atoms. The van der Waals surface area contributed by atoms with Gasteiger partial charge in [-0.1, -0.05) is 0 Å². The van der Waals surface area contributed by atoms with Gasteiger partial charge in [0.25, 0.3) is 0 Å². The number of nitrogens with zero attached hydrogens (tertiary/aromatic N) is 2. The third-order valence-electron chi connectivity index (χ3n) is 2.22. The summed E-state index contributed by atoms with van der Waals surface area (Å²) in [6.07, 6.45) is 3.01. The monoisotopic (exact) mass is 281 g/mol. The van der Waals surface area contributed by atoms with E-state index in [0.717, 1.165) is 0 Å². The molecule has 0 aromatic carbocycles. The quantitative estimate of drug-likeness (QED) is 0.676. The highest BCUT2D eigenvalue weighted by molar-refractivity contribution is 7.09.